The summed E-state index contributed by atoms with van der Waals surface area (Å²) in [5, 5.41) is 10.7. The smallest absolute Gasteiger partial charge is 0.238 e. The molecule has 6 rings (SSSR count). The van der Waals surface area contributed by atoms with E-state index >= 15 is 0 Å². The average molecular weight is 482 g/mol. The van der Waals surface area contributed by atoms with Gasteiger partial charge in [-0.15, -0.1) is 0 Å². The van der Waals surface area contributed by atoms with Crippen molar-refractivity contribution in [3.8, 4) is 28.4 Å². The molecule has 0 unspecified atom stereocenters. The first-order valence-corrected chi connectivity index (χ1v) is 12.1. The van der Waals surface area contributed by atoms with Crippen LogP contribution in [0.15, 0.2) is 72.8 Å². The maximum atomic E-state index is 14.0. The zero-order valence-corrected chi connectivity index (χ0v) is 20.4. The lowest BCUT2D eigenvalue weighted by Gasteiger charge is -2.46. The second kappa shape index (κ2) is 7.98. The van der Waals surface area contributed by atoms with Crippen molar-refractivity contribution in [2.45, 2.75) is 25.9 Å². The second-order valence-electron chi connectivity index (χ2n) is 10.1. The van der Waals surface area contributed by atoms with Crippen molar-refractivity contribution < 1.29 is 24.2 Å². The molecule has 36 heavy (non-hydrogen) atoms. The average Bonchev–Trinajstić information content (AvgIpc) is 3.14. The molecule has 6 heteroatoms. The Morgan fingerprint density at radius 2 is 1.72 bits per heavy atom. The Morgan fingerprint density at radius 3 is 2.47 bits per heavy atom. The van der Waals surface area contributed by atoms with E-state index in [1.807, 2.05) is 80.6 Å². The highest BCUT2D eigenvalue weighted by atomic mass is 16.5. The summed E-state index contributed by atoms with van der Waals surface area (Å²) in [6.07, 6.45) is 2.49. The van der Waals surface area contributed by atoms with E-state index in [0.717, 1.165) is 22.3 Å². The van der Waals surface area contributed by atoms with Gasteiger partial charge in [0, 0.05) is 11.5 Å². The van der Waals surface area contributed by atoms with E-state index in [0.29, 0.717) is 23.6 Å². The molecule has 0 aromatic heterocycles. The van der Waals surface area contributed by atoms with Crippen LogP contribution in [0.1, 0.15) is 25.8 Å². The summed E-state index contributed by atoms with van der Waals surface area (Å²) in [7, 11) is 1.49. The lowest BCUT2D eigenvalue weighted by atomic mass is 9.64. The zero-order valence-electron chi connectivity index (χ0n) is 20.4. The Kier molecular flexibility index (Phi) is 4.97. The lowest BCUT2D eigenvalue weighted by Crippen LogP contribution is -2.49. The van der Waals surface area contributed by atoms with Crippen LogP contribution in [-0.2, 0) is 9.59 Å². The Balaban J connectivity index is 1.41. The minimum absolute atomic E-state index is 0.0577. The van der Waals surface area contributed by atoms with Gasteiger partial charge in [0.05, 0.1) is 24.6 Å². The predicted octanol–water partition coefficient (Wildman–Crippen LogP) is 5.45. The number of rotatable bonds is 3. The maximum Gasteiger partial charge on any atom is 0.238 e. The minimum atomic E-state index is -0.830. The Bertz CT molecular complexity index is 1420. The number of allylic oxidation sites excluding steroid dienone is 1. The Labute approximate surface area is 209 Å². The van der Waals surface area contributed by atoms with Gasteiger partial charge in [0.25, 0.3) is 0 Å². The molecule has 182 valence electrons. The third kappa shape index (κ3) is 3.17. The van der Waals surface area contributed by atoms with Crippen molar-refractivity contribution in [3.63, 3.8) is 0 Å². The second-order valence-corrected chi connectivity index (χ2v) is 10.1. The summed E-state index contributed by atoms with van der Waals surface area (Å²) >= 11 is 0. The first-order valence-electron chi connectivity index (χ1n) is 12.1. The topological polar surface area (TPSA) is 76.1 Å². The molecule has 1 N–H and O–H groups in total. The number of fused-ring (bicyclic) bond motifs is 5. The number of amides is 2. The van der Waals surface area contributed by atoms with Crippen molar-refractivity contribution in [1.29, 1.82) is 0 Å². The number of phenols is 1. The first kappa shape index (κ1) is 22.4. The summed E-state index contributed by atoms with van der Waals surface area (Å²) in [6, 6.07) is 21.0. The third-order valence-corrected chi connectivity index (χ3v) is 7.71. The molecule has 3 aromatic rings. The van der Waals surface area contributed by atoms with Gasteiger partial charge in [0.15, 0.2) is 11.5 Å². The molecule has 3 aromatic carbocycles. The van der Waals surface area contributed by atoms with Crippen LogP contribution in [0.2, 0.25) is 0 Å². The lowest BCUT2D eigenvalue weighted by molar-refractivity contribution is -0.124. The fraction of sp³-hybridized carbons (Fsp3) is 0.267. The number of anilines is 1. The van der Waals surface area contributed by atoms with Gasteiger partial charge in [-0.05, 0) is 61.2 Å². The van der Waals surface area contributed by atoms with Gasteiger partial charge in [-0.1, -0.05) is 48.5 Å². The number of benzene rings is 3. The van der Waals surface area contributed by atoms with Crippen molar-refractivity contribution in [2.75, 3.05) is 12.0 Å². The molecule has 1 aliphatic carbocycles. The SMILES string of the molecule is COc1ccc2c(c1O)OC(C)(C)[C@@H]1C2=CC[C@@H]2C(=O)N(c3cccc(-c4ccccc4)c3)C(=O)[C@@H]21. The molecule has 3 atom stereocenters. The molecule has 0 saturated carbocycles. The van der Waals surface area contributed by atoms with Crippen LogP contribution in [-0.4, -0.2) is 29.6 Å². The normalized spacial score (nSPS) is 23.8. The summed E-state index contributed by atoms with van der Waals surface area (Å²) in [4.78, 5) is 29.0. The number of hydrogen-bond donors (Lipinski definition) is 1. The molecule has 0 bridgehead atoms. The number of hydrogen-bond acceptors (Lipinski definition) is 5. The van der Waals surface area contributed by atoms with Crippen LogP contribution in [0.5, 0.6) is 17.2 Å². The van der Waals surface area contributed by atoms with E-state index in [-0.39, 0.29) is 23.5 Å². The molecule has 6 nitrogen and oxygen atoms in total. The number of carbonyl (C=O) groups excluding carboxylic acids is 2. The monoisotopic (exact) mass is 481 g/mol. The number of aromatic hydroxyl groups is 1. The fourth-order valence-electron chi connectivity index (χ4n) is 6.11. The van der Waals surface area contributed by atoms with Crippen LogP contribution >= 0.6 is 0 Å². The quantitative estimate of drug-likeness (QED) is 0.504. The standard InChI is InChI=1S/C30H27NO5/c1-30(2)25-20(21-14-15-23(35-3)26(32)27(21)36-30)12-13-22-24(25)29(34)31(28(22)33)19-11-7-10-18(16-19)17-8-5-4-6-9-17/h4-12,14-16,22,24-25,32H,13H2,1-3H3/t22-,24-,25+/m0/s1. The molecular weight excluding hydrogens is 454 g/mol. The maximum absolute atomic E-state index is 14.0. The summed E-state index contributed by atoms with van der Waals surface area (Å²) in [5.41, 5.74) is 3.39. The molecule has 1 fully saturated rings. The van der Waals surface area contributed by atoms with E-state index in [9.17, 15) is 14.7 Å². The molecule has 2 amide bonds. The molecule has 2 aliphatic heterocycles. The third-order valence-electron chi connectivity index (χ3n) is 7.71. The first-order chi connectivity index (χ1) is 17.3. The van der Waals surface area contributed by atoms with Crippen LogP contribution in [0, 0.1) is 17.8 Å². The number of methoxy groups -OCH3 is 1. The number of ether oxygens (including phenoxy) is 2. The number of nitrogens with zero attached hydrogens (tertiary/aromatic N) is 1. The van der Waals surface area contributed by atoms with E-state index in [4.69, 9.17) is 9.47 Å². The molecule has 2 heterocycles. The summed E-state index contributed by atoms with van der Waals surface area (Å²) in [5.74, 6) is -1.10. The molecule has 0 radical (unpaired) electrons. The van der Waals surface area contributed by atoms with Crippen molar-refractivity contribution >= 4 is 23.1 Å². The van der Waals surface area contributed by atoms with Gasteiger partial charge in [-0.2, -0.15) is 0 Å². The molecule has 0 spiro atoms. The fourth-order valence-corrected chi connectivity index (χ4v) is 6.11. The van der Waals surface area contributed by atoms with Gasteiger partial charge in [-0.25, -0.2) is 0 Å². The molecule has 1 saturated heterocycles. The van der Waals surface area contributed by atoms with E-state index < -0.39 is 17.4 Å². The van der Waals surface area contributed by atoms with Crippen molar-refractivity contribution in [2.24, 2.45) is 17.8 Å². The zero-order chi connectivity index (χ0) is 25.2. The minimum Gasteiger partial charge on any atom is -0.502 e. The Hall–Kier alpha value is -4.06. The number of carbonyl (C=O) groups is 2. The van der Waals surface area contributed by atoms with Crippen molar-refractivity contribution in [3.05, 3.63) is 78.4 Å². The Morgan fingerprint density at radius 1 is 0.972 bits per heavy atom. The molecular formula is C30H27NO5. The molecule has 3 aliphatic rings. The van der Waals surface area contributed by atoms with Gasteiger partial charge in [-0.3, -0.25) is 14.5 Å². The van der Waals surface area contributed by atoms with Crippen LogP contribution in [0.25, 0.3) is 16.7 Å². The van der Waals surface area contributed by atoms with Gasteiger partial charge in [0.1, 0.15) is 5.60 Å². The van der Waals surface area contributed by atoms with Crippen LogP contribution in [0.4, 0.5) is 5.69 Å². The van der Waals surface area contributed by atoms with E-state index in [1.54, 1.807) is 6.07 Å². The van der Waals surface area contributed by atoms with Crippen molar-refractivity contribution in [1.82, 2.24) is 0 Å². The van der Waals surface area contributed by atoms with Gasteiger partial charge >= 0.3 is 0 Å². The highest BCUT2D eigenvalue weighted by Gasteiger charge is 2.59. The van der Waals surface area contributed by atoms with Crippen LogP contribution < -0.4 is 14.4 Å². The van der Waals surface area contributed by atoms with Gasteiger partial charge in [0.2, 0.25) is 17.6 Å². The number of phenolic OH excluding ortho intramolecular Hbond substituents is 1. The highest BCUT2D eigenvalue weighted by Crippen LogP contribution is 2.58. The largest absolute Gasteiger partial charge is 0.502 e. The van der Waals surface area contributed by atoms with E-state index in [2.05, 4.69) is 0 Å². The number of imide groups is 1. The highest BCUT2D eigenvalue weighted by molar-refractivity contribution is 6.23. The predicted molar refractivity (Wildman–Crippen MR) is 137 cm³/mol. The summed E-state index contributed by atoms with van der Waals surface area (Å²) < 4.78 is 11.6. The van der Waals surface area contributed by atoms with Gasteiger partial charge < -0.3 is 14.6 Å². The summed E-state index contributed by atoms with van der Waals surface area (Å²) in [6.45, 7) is 3.82. The van der Waals surface area contributed by atoms with Crippen LogP contribution in [0.3, 0.4) is 0 Å². The van der Waals surface area contributed by atoms with E-state index in [1.165, 1.54) is 12.0 Å².